The second-order valence-corrected chi connectivity index (χ2v) is 4.08. The number of hydrogen-bond donors (Lipinski definition) is 2. The Balaban J connectivity index is 2.40. The van der Waals surface area contributed by atoms with Gasteiger partial charge in [0.25, 0.3) is 0 Å². The van der Waals surface area contributed by atoms with E-state index in [1.807, 2.05) is 12.1 Å². The molecule has 0 radical (unpaired) electrons. The Morgan fingerprint density at radius 2 is 2.47 bits per heavy atom. The zero-order valence-corrected chi connectivity index (χ0v) is 8.44. The summed E-state index contributed by atoms with van der Waals surface area (Å²) in [5, 5.41) is 8.86. The summed E-state index contributed by atoms with van der Waals surface area (Å²) in [7, 11) is 0. The van der Waals surface area contributed by atoms with E-state index in [0.29, 0.717) is 0 Å². The molecular formula is C11H14N2O2. The zero-order valence-electron chi connectivity index (χ0n) is 8.44. The molecule has 1 aromatic heterocycles. The van der Waals surface area contributed by atoms with Gasteiger partial charge >= 0.3 is 5.97 Å². The Kier molecular flexibility index (Phi) is 2.44. The molecule has 0 spiro atoms. The number of nitrogens with zero attached hydrogens (tertiary/aromatic N) is 1. The SMILES string of the molecule is NC1(CC(=O)O)CCCc2ncccc21. The Morgan fingerprint density at radius 3 is 3.20 bits per heavy atom. The van der Waals surface area contributed by atoms with E-state index in [2.05, 4.69) is 4.98 Å². The van der Waals surface area contributed by atoms with Crippen molar-refractivity contribution in [3.8, 4) is 0 Å². The monoisotopic (exact) mass is 206 g/mol. The largest absolute Gasteiger partial charge is 0.481 e. The number of carbonyl (C=O) groups is 1. The molecule has 1 heterocycles. The van der Waals surface area contributed by atoms with Crippen LogP contribution in [0.3, 0.4) is 0 Å². The summed E-state index contributed by atoms with van der Waals surface area (Å²) in [5.41, 5.74) is 7.28. The van der Waals surface area contributed by atoms with Gasteiger partial charge in [0.2, 0.25) is 0 Å². The van der Waals surface area contributed by atoms with Crippen LogP contribution in [0.15, 0.2) is 18.3 Å². The molecule has 0 aromatic carbocycles. The highest BCUT2D eigenvalue weighted by atomic mass is 16.4. The highest BCUT2D eigenvalue weighted by molar-refractivity contribution is 5.69. The average molecular weight is 206 g/mol. The first-order chi connectivity index (χ1) is 7.12. The molecule has 80 valence electrons. The van der Waals surface area contributed by atoms with Crippen LogP contribution in [0.2, 0.25) is 0 Å². The van der Waals surface area contributed by atoms with E-state index in [0.717, 1.165) is 30.5 Å². The molecule has 1 atom stereocenters. The number of aryl methyl sites for hydroxylation is 1. The minimum absolute atomic E-state index is 0.0221. The fourth-order valence-electron chi connectivity index (χ4n) is 2.25. The average Bonchev–Trinajstić information content (AvgIpc) is 2.17. The van der Waals surface area contributed by atoms with Crippen LogP contribution in [0.5, 0.6) is 0 Å². The van der Waals surface area contributed by atoms with Crippen LogP contribution in [-0.4, -0.2) is 16.1 Å². The van der Waals surface area contributed by atoms with Crippen LogP contribution >= 0.6 is 0 Å². The first-order valence-electron chi connectivity index (χ1n) is 5.07. The van der Waals surface area contributed by atoms with E-state index in [-0.39, 0.29) is 6.42 Å². The number of fused-ring (bicyclic) bond motifs is 1. The Morgan fingerprint density at radius 1 is 1.67 bits per heavy atom. The van der Waals surface area contributed by atoms with Crippen LogP contribution < -0.4 is 5.73 Å². The van der Waals surface area contributed by atoms with Gasteiger partial charge in [-0.2, -0.15) is 0 Å². The lowest BCUT2D eigenvalue weighted by Crippen LogP contribution is -2.42. The van der Waals surface area contributed by atoms with E-state index < -0.39 is 11.5 Å². The van der Waals surface area contributed by atoms with Gasteiger partial charge in [-0.15, -0.1) is 0 Å². The third-order valence-electron chi connectivity index (χ3n) is 2.93. The van der Waals surface area contributed by atoms with E-state index >= 15 is 0 Å². The topological polar surface area (TPSA) is 76.2 Å². The molecule has 1 aromatic rings. The maximum atomic E-state index is 10.8. The fraction of sp³-hybridized carbons (Fsp3) is 0.455. The van der Waals surface area contributed by atoms with Crippen LogP contribution in [-0.2, 0) is 16.8 Å². The van der Waals surface area contributed by atoms with E-state index in [9.17, 15) is 4.79 Å². The van der Waals surface area contributed by atoms with Crippen LogP contribution in [0.1, 0.15) is 30.5 Å². The molecule has 15 heavy (non-hydrogen) atoms. The Hall–Kier alpha value is -1.42. The first-order valence-corrected chi connectivity index (χ1v) is 5.07. The van der Waals surface area contributed by atoms with Crippen molar-refractivity contribution in [1.82, 2.24) is 4.98 Å². The van der Waals surface area contributed by atoms with Crippen LogP contribution in [0, 0.1) is 0 Å². The molecule has 0 amide bonds. The minimum atomic E-state index is -0.853. The second kappa shape index (κ2) is 3.62. The molecule has 0 saturated carbocycles. The molecule has 2 rings (SSSR count). The predicted molar refractivity (Wildman–Crippen MR) is 55.3 cm³/mol. The van der Waals surface area contributed by atoms with Gasteiger partial charge in [-0.3, -0.25) is 9.78 Å². The van der Waals surface area contributed by atoms with Gasteiger partial charge < -0.3 is 10.8 Å². The highest BCUT2D eigenvalue weighted by Gasteiger charge is 2.35. The Bertz CT molecular complexity index is 392. The van der Waals surface area contributed by atoms with E-state index in [1.165, 1.54) is 0 Å². The summed E-state index contributed by atoms with van der Waals surface area (Å²) in [4.78, 5) is 15.0. The standard InChI is InChI=1S/C11H14N2O2/c12-11(7-10(14)15)5-1-4-9-8(11)3-2-6-13-9/h2-3,6H,1,4-5,7,12H2,(H,14,15). The number of rotatable bonds is 2. The van der Waals surface area contributed by atoms with Crippen molar-refractivity contribution >= 4 is 5.97 Å². The lowest BCUT2D eigenvalue weighted by molar-refractivity contribution is -0.138. The molecule has 1 aliphatic carbocycles. The number of nitrogens with two attached hydrogens (primary N) is 1. The minimum Gasteiger partial charge on any atom is -0.481 e. The first kappa shape index (κ1) is 10.1. The van der Waals surface area contributed by atoms with Crippen molar-refractivity contribution in [3.05, 3.63) is 29.6 Å². The predicted octanol–water partition coefficient (Wildman–Crippen LogP) is 1.05. The fourth-order valence-corrected chi connectivity index (χ4v) is 2.25. The quantitative estimate of drug-likeness (QED) is 0.758. The normalized spacial score (nSPS) is 24.6. The zero-order chi connectivity index (χ0) is 10.9. The molecule has 0 aliphatic heterocycles. The number of carboxylic acid groups (broad SMARTS) is 1. The molecular weight excluding hydrogens is 192 g/mol. The van der Waals surface area contributed by atoms with Gasteiger partial charge in [-0.05, 0) is 30.9 Å². The molecule has 0 saturated heterocycles. The number of hydrogen-bond acceptors (Lipinski definition) is 3. The second-order valence-electron chi connectivity index (χ2n) is 4.08. The maximum absolute atomic E-state index is 10.8. The number of aliphatic carboxylic acids is 1. The molecule has 4 heteroatoms. The van der Waals surface area contributed by atoms with Crippen molar-refractivity contribution < 1.29 is 9.90 Å². The van der Waals surface area contributed by atoms with Crippen LogP contribution in [0.4, 0.5) is 0 Å². The van der Waals surface area contributed by atoms with Gasteiger partial charge in [0.05, 0.1) is 12.0 Å². The van der Waals surface area contributed by atoms with Crippen molar-refractivity contribution in [3.63, 3.8) is 0 Å². The molecule has 3 N–H and O–H groups in total. The lowest BCUT2D eigenvalue weighted by atomic mass is 9.77. The maximum Gasteiger partial charge on any atom is 0.305 e. The highest BCUT2D eigenvalue weighted by Crippen LogP contribution is 2.34. The number of pyridine rings is 1. The molecule has 0 bridgehead atoms. The van der Waals surface area contributed by atoms with Gasteiger partial charge in [0.15, 0.2) is 0 Å². The number of carboxylic acids is 1. The van der Waals surface area contributed by atoms with Crippen molar-refractivity contribution in [2.75, 3.05) is 0 Å². The number of aromatic nitrogens is 1. The van der Waals surface area contributed by atoms with Crippen molar-refractivity contribution in [2.24, 2.45) is 5.73 Å². The molecule has 4 nitrogen and oxygen atoms in total. The smallest absolute Gasteiger partial charge is 0.305 e. The van der Waals surface area contributed by atoms with Crippen molar-refractivity contribution in [2.45, 2.75) is 31.2 Å². The third kappa shape index (κ3) is 1.85. The third-order valence-corrected chi connectivity index (χ3v) is 2.93. The summed E-state index contributed by atoms with van der Waals surface area (Å²) in [6.45, 7) is 0. The molecule has 1 unspecified atom stereocenters. The summed E-state index contributed by atoms with van der Waals surface area (Å²) in [6, 6.07) is 3.71. The van der Waals surface area contributed by atoms with E-state index in [1.54, 1.807) is 6.20 Å². The van der Waals surface area contributed by atoms with Gasteiger partial charge in [0, 0.05) is 11.9 Å². The van der Waals surface area contributed by atoms with Gasteiger partial charge in [-0.25, -0.2) is 0 Å². The molecule has 0 fully saturated rings. The van der Waals surface area contributed by atoms with Crippen molar-refractivity contribution in [1.29, 1.82) is 0 Å². The summed E-state index contributed by atoms with van der Waals surface area (Å²) >= 11 is 0. The summed E-state index contributed by atoms with van der Waals surface area (Å²) in [5.74, 6) is -0.853. The van der Waals surface area contributed by atoms with E-state index in [4.69, 9.17) is 10.8 Å². The van der Waals surface area contributed by atoms with Gasteiger partial charge in [0.1, 0.15) is 0 Å². The molecule has 1 aliphatic rings. The summed E-state index contributed by atoms with van der Waals surface area (Å²) in [6.07, 6.45) is 4.23. The lowest BCUT2D eigenvalue weighted by Gasteiger charge is -2.33. The van der Waals surface area contributed by atoms with Gasteiger partial charge in [-0.1, -0.05) is 6.07 Å². The summed E-state index contributed by atoms with van der Waals surface area (Å²) < 4.78 is 0. The Labute approximate surface area is 88.1 Å². The van der Waals surface area contributed by atoms with Crippen LogP contribution in [0.25, 0.3) is 0 Å².